The minimum Gasteiger partial charge on any atom is -0.303 e. The van der Waals surface area contributed by atoms with Crippen molar-refractivity contribution in [1.29, 1.82) is 5.26 Å². The van der Waals surface area contributed by atoms with Gasteiger partial charge in [-0.05, 0) is 33.2 Å². The van der Waals surface area contributed by atoms with Crippen molar-refractivity contribution in [1.82, 2.24) is 20.1 Å². The van der Waals surface area contributed by atoms with Crippen molar-refractivity contribution in [2.45, 2.75) is 36.9 Å². The third-order valence-electron chi connectivity index (χ3n) is 2.77. The summed E-state index contributed by atoms with van der Waals surface area (Å²) in [6.45, 7) is 1.93. The molecule has 1 aromatic rings. The Kier molecular flexibility index (Phi) is 5.45. The highest BCUT2D eigenvalue weighted by Gasteiger charge is 2.19. The van der Waals surface area contributed by atoms with E-state index in [0.29, 0.717) is 0 Å². The molecule has 94 valence electrons. The lowest BCUT2D eigenvalue weighted by atomic mass is 9.97. The van der Waals surface area contributed by atoms with Crippen molar-refractivity contribution in [2.24, 2.45) is 7.05 Å². The van der Waals surface area contributed by atoms with Crippen LogP contribution in [0.3, 0.4) is 0 Å². The number of aryl methyl sites for hydroxylation is 1. The lowest BCUT2D eigenvalue weighted by molar-refractivity contribution is 0.439. The number of aromatic nitrogens is 3. The highest BCUT2D eigenvalue weighted by Crippen LogP contribution is 2.18. The number of thioether (sulfide) groups is 1. The molecule has 0 amide bonds. The van der Waals surface area contributed by atoms with Gasteiger partial charge in [0.25, 0.3) is 0 Å². The van der Waals surface area contributed by atoms with Gasteiger partial charge in [0, 0.05) is 12.8 Å². The van der Waals surface area contributed by atoms with Crippen molar-refractivity contribution in [2.75, 3.05) is 12.8 Å². The number of nitrogens with one attached hydrogen (secondary N) is 1. The second-order valence-electron chi connectivity index (χ2n) is 4.17. The first-order valence-electron chi connectivity index (χ1n) is 5.68. The van der Waals surface area contributed by atoms with E-state index < -0.39 is 5.54 Å². The number of hydrogen-bond donors (Lipinski definition) is 1. The van der Waals surface area contributed by atoms with Crippen LogP contribution in [0.1, 0.15) is 26.2 Å². The summed E-state index contributed by atoms with van der Waals surface area (Å²) in [5.41, 5.74) is -0.393. The molecule has 17 heavy (non-hydrogen) atoms. The van der Waals surface area contributed by atoms with Gasteiger partial charge in [-0.25, -0.2) is 9.67 Å². The zero-order chi connectivity index (χ0) is 12.7. The highest BCUT2D eigenvalue weighted by atomic mass is 32.2. The molecule has 1 heterocycles. The van der Waals surface area contributed by atoms with E-state index in [0.717, 1.165) is 30.2 Å². The van der Waals surface area contributed by atoms with Crippen LogP contribution in [0.4, 0.5) is 0 Å². The Labute approximate surface area is 107 Å². The van der Waals surface area contributed by atoms with Gasteiger partial charge in [-0.15, -0.1) is 0 Å². The number of nitrogens with zero attached hydrogens (tertiary/aromatic N) is 4. The van der Waals surface area contributed by atoms with Crippen LogP contribution in [0.25, 0.3) is 0 Å². The van der Waals surface area contributed by atoms with E-state index in [4.69, 9.17) is 5.26 Å². The van der Waals surface area contributed by atoms with Gasteiger partial charge in [0.2, 0.25) is 0 Å². The number of nitriles is 1. The standard InChI is InChI=1S/C11H19N5S/c1-11(8-12,13-2)6-4-5-7-17-10-14-9-15-16(10)3/h9,13H,4-7H2,1-3H3. The van der Waals surface area contributed by atoms with E-state index in [1.165, 1.54) is 0 Å². The number of hydrogen-bond acceptors (Lipinski definition) is 5. The Morgan fingerprint density at radius 3 is 2.88 bits per heavy atom. The minimum atomic E-state index is -0.393. The molecule has 0 aliphatic heterocycles. The molecule has 0 spiro atoms. The highest BCUT2D eigenvalue weighted by molar-refractivity contribution is 7.99. The Hall–Kier alpha value is -1.06. The molecule has 5 nitrogen and oxygen atoms in total. The molecule has 0 radical (unpaired) electrons. The molecule has 0 saturated carbocycles. The number of unbranched alkanes of at least 4 members (excludes halogenated alkanes) is 1. The second-order valence-corrected chi connectivity index (χ2v) is 5.23. The predicted molar refractivity (Wildman–Crippen MR) is 68.7 cm³/mol. The third-order valence-corrected chi connectivity index (χ3v) is 3.89. The third kappa shape index (κ3) is 4.36. The average Bonchev–Trinajstić information content (AvgIpc) is 2.74. The van der Waals surface area contributed by atoms with Crippen molar-refractivity contribution >= 4 is 11.8 Å². The maximum absolute atomic E-state index is 8.99. The van der Waals surface area contributed by atoms with Gasteiger partial charge in [0.1, 0.15) is 11.9 Å². The van der Waals surface area contributed by atoms with Gasteiger partial charge in [-0.3, -0.25) is 0 Å². The smallest absolute Gasteiger partial charge is 0.185 e. The summed E-state index contributed by atoms with van der Waals surface area (Å²) < 4.78 is 1.78. The molecule has 1 atom stereocenters. The molecule has 0 fully saturated rings. The lowest BCUT2D eigenvalue weighted by Crippen LogP contribution is -2.37. The SMILES string of the molecule is CNC(C)(C#N)CCCCSc1ncnn1C. The summed E-state index contributed by atoms with van der Waals surface area (Å²) in [7, 11) is 3.72. The molecular formula is C11H19N5S. The predicted octanol–water partition coefficient (Wildman–Crippen LogP) is 1.58. The Morgan fingerprint density at radius 2 is 2.35 bits per heavy atom. The van der Waals surface area contributed by atoms with Crippen LogP contribution < -0.4 is 5.32 Å². The summed E-state index contributed by atoms with van der Waals surface area (Å²) in [6, 6.07) is 2.30. The quantitative estimate of drug-likeness (QED) is 0.590. The molecule has 1 aromatic heterocycles. The summed E-state index contributed by atoms with van der Waals surface area (Å²) in [5, 5.41) is 17.0. The molecule has 1 rings (SSSR count). The van der Waals surface area contributed by atoms with Gasteiger partial charge < -0.3 is 5.32 Å². The van der Waals surface area contributed by atoms with Crippen LogP contribution in [0.2, 0.25) is 0 Å². The first-order chi connectivity index (χ1) is 8.11. The van der Waals surface area contributed by atoms with Crippen LogP contribution in [-0.4, -0.2) is 33.1 Å². The molecule has 0 aliphatic carbocycles. The molecular weight excluding hydrogens is 234 g/mol. The van der Waals surface area contributed by atoms with Crippen molar-refractivity contribution in [3.05, 3.63) is 6.33 Å². The Morgan fingerprint density at radius 1 is 1.59 bits per heavy atom. The molecule has 0 bridgehead atoms. The molecule has 1 N–H and O–H groups in total. The monoisotopic (exact) mass is 253 g/mol. The van der Waals surface area contributed by atoms with E-state index >= 15 is 0 Å². The largest absolute Gasteiger partial charge is 0.303 e. The van der Waals surface area contributed by atoms with Gasteiger partial charge in [-0.1, -0.05) is 11.8 Å². The Bertz CT molecular complexity index is 383. The normalized spacial score (nSPS) is 14.2. The first kappa shape index (κ1) is 14.0. The summed E-state index contributed by atoms with van der Waals surface area (Å²) in [5.74, 6) is 1.01. The second kappa shape index (κ2) is 6.62. The maximum atomic E-state index is 8.99. The number of rotatable bonds is 7. The van der Waals surface area contributed by atoms with Gasteiger partial charge >= 0.3 is 0 Å². The van der Waals surface area contributed by atoms with Crippen LogP contribution in [0.5, 0.6) is 0 Å². The molecule has 0 aromatic carbocycles. The van der Waals surface area contributed by atoms with Crippen LogP contribution >= 0.6 is 11.8 Å². The summed E-state index contributed by atoms with van der Waals surface area (Å²) >= 11 is 1.71. The topological polar surface area (TPSA) is 66.5 Å². The molecule has 1 unspecified atom stereocenters. The summed E-state index contributed by atoms with van der Waals surface area (Å²) in [6.07, 6.45) is 4.56. The van der Waals surface area contributed by atoms with Gasteiger partial charge in [0.05, 0.1) is 6.07 Å². The average molecular weight is 253 g/mol. The fourth-order valence-corrected chi connectivity index (χ4v) is 2.28. The zero-order valence-corrected chi connectivity index (χ0v) is 11.4. The molecule has 6 heteroatoms. The summed E-state index contributed by atoms with van der Waals surface area (Å²) in [4.78, 5) is 4.14. The van der Waals surface area contributed by atoms with Crippen LogP contribution in [0, 0.1) is 11.3 Å². The minimum absolute atomic E-state index is 0.393. The van der Waals surface area contributed by atoms with Gasteiger partial charge in [0.15, 0.2) is 5.16 Å². The maximum Gasteiger partial charge on any atom is 0.185 e. The Balaban J connectivity index is 2.18. The fourth-order valence-electron chi connectivity index (χ4n) is 1.40. The molecule has 0 aliphatic rings. The van der Waals surface area contributed by atoms with Crippen LogP contribution in [-0.2, 0) is 7.05 Å². The van der Waals surface area contributed by atoms with Crippen molar-refractivity contribution in [3.8, 4) is 6.07 Å². The van der Waals surface area contributed by atoms with Crippen LogP contribution in [0.15, 0.2) is 11.5 Å². The first-order valence-corrected chi connectivity index (χ1v) is 6.67. The molecule has 0 saturated heterocycles. The fraction of sp³-hybridized carbons (Fsp3) is 0.727. The van der Waals surface area contributed by atoms with E-state index in [9.17, 15) is 0 Å². The van der Waals surface area contributed by atoms with E-state index in [1.807, 2.05) is 21.0 Å². The van der Waals surface area contributed by atoms with E-state index in [-0.39, 0.29) is 0 Å². The van der Waals surface area contributed by atoms with E-state index in [2.05, 4.69) is 21.5 Å². The lowest BCUT2D eigenvalue weighted by Gasteiger charge is -2.20. The zero-order valence-electron chi connectivity index (χ0n) is 10.6. The van der Waals surface area contributed by atoms with Crippen molar-refractivity contribution < 1.29 is 0 Å². The van der Waals surface area contributed by atoms with Crippen molar-refractivity contribution in [3.63, 3.8) is 0 Å². The van der Waals surface area contributed by atoms with Gasteiger partial charge in [-0.2, -0.15) is 10.4 Å². The van der Waals surface area contributed by atoms with E-state index in [1.54, 1.807) is 22.8 Å².